The highest BCUT2D eigenvalue weighted by atomic mass is 16.3. The van der Waals surface area contributed by atoms with Crippen LogP contribution in [-0.2, 0) is 6.54 Å². The third-order valence-corrected chi connectivity index (χ3v) is 2.06. The Labute approximate surface area is 78.4 Å². The van der Waals surface area contributed by atoms with Crippen molar-refractivity contribution in [2.75, 3.05) is 6.61 Å². The van der Waals surface area contributed by atoms with Crippen LogP contribution in [0, 0.1) is 6.92 Å². The summed E-state index contributed by atoms with van der Waals surface area (Å²) in [4.78, 5) is 7.16. The molecule has 0 atom stereocenters. The lowest BCUT2D eigenvalue weighted by atomic mass is 10.1. The van der Waals surface area contributed by atoms with Crippen LogP contribution in [0.2, 0.25) is 0 Å². The van der Waals surface area contributed by atoms with Crippen molar-refractivity contribution in [1.82, 2.24) is 15.3 Å². The van der Waals surface area contributed by atoms with E-state index < -0.39 is 0 Å². The van der Waals surface area contributed by atoms with Gasteiger partial charge in [0.25, 0.3) is 0 Å². The van der Waals surface area contributed by atoms with Gasteiger partial charge in [-0.15, -0.1) is 0 Å². The first-order valence-electron chi connectivity index (χ1n) is 4.40. The van der Waals surface area contributed by atoms with Crippen LogP contribution in [0.3, 0.4) is 0 Å². The van der Waals surface area contributed by atoms with Crippen molar-refractivity contribution >= 4 is 0 Å². The molecule has 1 aromatic rings. The molecule has 13 heavy (non-hydrogen) atoms. The number of hydrogen-bond donors (Lipinski definition) is 3. The molecule has 4 nitrogen and oxygen atoms in total. The molecule has 0 aliphatic heterocycles. The molecule has 74 valence electrons. The molecule has 0 amide bonds. The summed E-state index contributed by atoms with van der Waals surface area (Å²) in [5, 5.41) is 12.2. The lowest BCUT2D eigenvalue weighted by molar-refractivity contribution is 0.187. The van der Waals surface area contributed by atoms with Crippen molar-refractivity contribution in [3.8, 4) is 0 Å². The van der Waals surface area contributed by atoms with Crippen LogP contribution in [0.5, 0.6) is 0 Å². The maximum atomic E-state index is 9.00. The lowest BCUT2D eigenvalue weighted by Gasteiger charge is -2.23. The lowest BCUT2D eigenvalue weighted by Crippen LogP contribution is -2.42. The standard InChI is InChI=1S/C9H17N3O/c1-7-8(11-6-10-7)4-12-9(2,3)5-13/h6,12-13H,4-5H2,1-3H3,(H,10,11). The molecule has 0 aromatic carbocycles. The number of aromatic nitrogens is 2. The van der Waals surface area contributed by atoms with E-state index in [0.29, 0.717) is 6.54 Å². The van der Waals surface area contributed by atoms with Gasteiger partial charge >= 0.3 is 0 Å². The maximum Gasteiger partial charge on any atom is 0.0925 e. The van der Waals surface area contributed by atoms with Gasteiger partial charge in [-0.3, -0.25) is 0 Å². The van der Waals surface area contributed by atoms with Crippen LogP contribution < -0.4 is 5.32 Å². The number of H-pyrrole nitrogens is 1. The summed E-state index contributed by atoms with van der Waals surface area (Å²) in [6, 6.07) is 0. The molecule has 0 fully saturated rings. The number of aromatic amines is 1. The van der Waals surface area contributed by atoms with Crippen LogP contribution in [-0.4, -0.2) is 27.2 Å². The highest BCUT2D eigenvalue weighted by Gasteiger charge is 2.15. The van der Waals surface area contributed by atoms with Crippen LogP contribution in [0.25, 0.3) is 0 Å². The summed E-state index contributed by atoms with van der Waals surface area (Å²) in [5.41, 5.74) is 1.83. The first-order valence-corrected chi connectivity index (χ1v) is 4.40. The number of aryl methyl sites for hydroxylation is 1. The second-order valence-corrected chi connectivity index (χ2v) is 3.87. The third kappa shape index (κ3) is 2.82. The molecule has 0 spiro atoms. The molecule has 0 radical (unpaired) electrons. The largest absolute Gasteiger partial charge is 0.394 e. The molecule has 1 aromatic heterocycles. The minimum absolute atomic E-state index is 0.121. The van der Waals surface area contributed by atoms with E-state index in [-0.39, 0.29) is 12.1 Å². The van der Waals surface area contributed by atoms with E-state index in [0.717, 1.165) is 11.4 Å². The topological polar surface area (TPSA) is 60.9 Å². The normalized spacial score (nSPS) is 12.0. The second-order valence-electron chi connectivity index (χ2n) is 3.87. The summed E-state index contributed by atoms with van der Waals surface area (Å²) < 4.78 is 0. The zero-order valence-corrected chi connectivity index (χ0v) is 8.39. The number of hydrogen-bond acceptors (Lipinski definition) is 3. The van der Waals surface area contributed by atoms with Gasteiger partial charge in [0.1, 0.15) is 0 Å². The van der Waals surface area contributed by atoms with E-state index in [4.69, 9.17) is 5.11 Å². The Balaban J connectivity index is 2.48. The number of aliphatic hydroxyl groups excluding tert-OH is 1. The molecule has 0 aliphatic carbocycles. The molecule has 1 heterocycles. The SMILES string of the molecule is Cc1[nH]cnc1CNC(C)(C)CO. The Morgan fingerprint density at radius 3 is 2.77 bits per heavy atom. The minimum Gasteiger partial charge on any atom is -0.394 e. The van der Waals surface area contributed by atoms with Gasteiger partial charge in [0.15, 0.2) is 0 Å². The van der Waals surface area contributed by atoms with Gasteiger partial charge in [-0.2, -0.15) is 0 Å². The molecule has 0 bridgehead atoms. The van der Waals surface area contributed by atoms with Crippen molar-refractivity contribution < 1.29 is 5.11 Å². The molecule has 1 rings (SSSR count). The number of rotatable bonds is 4. The average molecular weight is 183 g/mol. The number of nitrogens with zero attached hydrogens (tertiary/aromatic N) is 1. The molecule has 0 aliphatic rings. The predicted molar refractivity (Wildman–Crippen MR) is 51.3 cm³/mol. The Morgan fingerprint density at radius 1 is 1.62 bits per heavy atom. The van der Waals surface area contributed by atoms with E-state index >= 15 is 0 Å². The van der Waals surface area contributed by atoms with Gasteiger partial charge in [-0.05, 0) is 20.8 Å². The van der Waals surface area contributed by atoms with Crippen molar-refractivity contribution in [1.29, 1.82) is 0 Å². The Bertz CT molecular complexity index is 268. The molecule has 0 saturated heterocycles. The van der Waals surface area contributed by atoms with Crippen molar-refractivity contribution in [3.63, 3.8) is 0 Å². The summed E-state index contributed by atoms with van der Waals surface area (Å²) >= 11 is 0. The van der Waals surface area contributed by atoms with E-state index in [1.165, 1.54) is 0 Å². The van der Waals surface area contributed by atoms with Crippen LogP contribution in [0.4, 0.5) is 0 Å². The van der Waals surface area contributed by atoms with Gasteiger partial charge in [0.05, 0.1) is 18.6 Å². The van der Waals surface area contributed by atoms with E-state index in [1.807, 2.05) is 20.8 Å². The Kier molecular flexibility index (Phi) is 3.06. The molecule has 3 N–H and O–H groups in total. The van der Waals surface area contributed by atoms with E-state index in [9.17, 15) is 0 Å². The summed E-state index contributed by atoms with van der Waals surface area (Å²) in [6.45, 7) is 6.69. The van der Waals surface area contributed by atoms with Crippen LogP contribution in [0.15, 0.2) is 6.33 Å². The molecule has 0 saturated carbocycles. The Hall–Kier alpha value is -0.870. The number of aliphatic hydroxyl groups is 1. The van der Waals surface area contributed by atoms with Crippen LogP contribution >= 0.6 is 0 Å². The zero-order valence-electron chi connectivity index (χ0n) is 8.39. The summed E-state index contributed by atoms with van der Waals surface area (Å²) in [7, 11) is 0. The summed E-state index contributed by atoms with van der Waals surface area (Å²) in [5.74, 6) is 0. The van der Waals surface area contributed by atoms with Gasteiger partial charge < -0.3 is 15.4 Å². The fraction of sp³-hybridized carbons (Fsp3) is 0.667. The fourth-order valence-corrected chi connectivity index (χ4v) is 0.944. The second kappa shape index (κ2) is 3.89. The highest BCUT2D eigenvalue weighted by molar-refractivity contribution is 5.08. The maximum absolute atomic E-state index is 9.00. The summed E-state index contributed by atoms with van der Waals surface area (Å²) in [6.07, 6.45) is 1.68. The molecule has 4 heteroatoms. The van der Waals surface area contributed by atoms with Crippen molar-refractivity contribution in [2.45, 2.75) is 32.9 Å². The average Bonchev–Trinajstić information content (AvgIpc) is 2.48. The zero-order chi connectivity index (χ0) is 9.90. The first-order chi connectivity index (χ1) is 6.05. The predicted octanol–water partition coefficient (Wildman–Crippen LogP) is 0.579. The van der Waals surface area contributed by atoms with E-state index in [1.54, 1.807) is 6.33 Å². The third-order valence-electron chi connectivity index (χ3n) is 2.06. The molecule has 0 unspecified atom stereocenters. The minimum atomic E-state index is -0.245. The van der Waals surface area contributed by atoms with E-state index in [2.05, 4.69) is 15.3 Å². The van der Waals surface area contributed by atoms with Crippen molar-refractivity contribution in [3.05, 3.63) is 17.7 Å². The van der Waals surface area contributed by atoms with Gasteiger partial charge in [-0.1, -0.05) is 0 Å². The smallest absolute Gasteiger partial charge is 0.0925 e. The van der Waals surface area contributed by atoms with Gasteiger partial charge in [-0.25, -0.2) is 4.98 Å². The molecular weight excluding hydrogens is 166 g/mol. The van der Waals surface area contributed by atoms with Gasteiger partial charge in [0, 0.05) is 17.8 Å². The van der Waals surface area contributed by atoms with Crippen LogP contribution in [0.1, 0.15) is 25.2 Å². The highest BCUT2D eigenvalue weighted by Crippen LogP contribution is 2.04. The molecular formula is C9H17N3O. The van der Waals surface area contributed by atoms with Gasteiger partial charge in [0.2, 0.25) is 0 Å². The Morgan fingerprint density at radius 2 is 2.31 bits per heavy atom. The van der Waals surface area contributed by atoms with Crippen molar-refractivity contribution in [2.24, 2.45) is 0 Å². The monoisotopic (exact) mass is 183 g/mol. The first kappa shape index (κ1) is 10.2. The quantitative estimate of drug-likeness (QED) is 0.640. The fourth-order valence-electron chi connectivity index (χ4n) is 0.944. The number of imidazole rings is 1. The number of nitrogens with one attached hydrogen (secondary N) is 2.